The van der Waals surface area contributed by atoms with Gasteiger partial charge in [-0.1, -0.05) is 13.0 Å². The molecule has 1 atom stereocenters. The molecule has 4 nitrogen and oxygen atoms in total. The Labute approximate surface area is 78.8 Å². The van der Waals surface area contributed by atoms with E-state index in [-0.39, 0.29) is 18.9 Å². The number of carbonyl (C=O) groups excluding carboxylic acids is 1. The second-order valence-electron chi connectivity index (χ2n) is 3.27. The molecule has 1 N–H and O–H groups in total. The van der Waals surface area contributed by atoms with Crippen LogP contribution in [0.15, 0.2) is 12.7 Å². The maximum atomic E-state index is 11.3. The van der Waals surface area contributed by atoms with Crippen LogP contribution in [0.25, 0.3) is 0 Å². The van der Waals surface area contributed by atoms with Crippen LogP contribution in [0.4, 0.5) is 0 Å². The quantitative estimate of drug-likeness (QED) is 0.506. The first-order valence-electron chi connectivity index (χ1n) is 4.04. The number of hydroxylamine groups is 2. The van der Waals surface area contributed by atoms with E-state index in [0.717, 1.165) is 5.06 Å². The van der Waals surface area contributed by atoms with Crippen LogP contribution >= 0.6 is 0 Å². The Morgan fingerprint density at radius 2 is 2.31 bits per heavy atom. The first kappa shape index (κ1) is 12.1. The van der Waals surface area contributed by atoms with E-state index in [0.29, 0.717) is 0 Å². The molecule has 0 heterocycles. The van der Waals surface area contributed by atoms with Crippen molar-refractivity contribution in [3.8, 4) is 0 Å². The minimum atomic E-state index is -0.566. The fourth-order valence-corrected chi connectivity index (χ4v) is 0.751. The Hall–Kier alpha value is -0.870. The van der Waals surface area contributed by atoms with Crippen LogP contribution in [0, 0.1) is 5.41 Å². The van der Waals surface area contributed by atoms with E-state index >= 15 is 0 Å². The van der Waals surface area contributed by atoms with Crippen LogP contribution in [0.3, 0.4) is 0 Å². The fourth-order valence-electron chi connectivity index (χ4n) is 0.751. The molecule has 0 aromatic carbocycles. The smallest absolute Gasteiger partial charge is 0.246 e. The number of rotatable bonds is 5. The van der Waals surface area contributed by atoms with E-state index in [1.807, 2.05) is 0 Å². The molecule has 0 aromatic heterocycles. The number of nitrogens with zero attached hydrogens (tertiary/aromatic N) is 1. The second kappa shape index (κ2) is 4.99. The standard InChI is InChI=1S/C9H17NO3/c1-5-9(2,7-11)6-8(12)10(3)13-4/h5,11H,1,6-7H2,2-4H3. The number of aliphatic hydroxyl groups is 1. The van der Waals surface area contributed by atoms with Crippen molar-refractivity contribution in [2.24, 2.45) is 5.41 Å². The van der Waals surface area contributed by atoms with Crippen molar-refractivity contribution in [3.63, 3.8) is 0 Å². The summed E-state index contributed by atoms with van der Waals surface area (Å²) in [5.41, 5.74) is -0.566. The van der Waals surface area contributed by atoms with Gasteiger partial charge in [0, 0.05) is 18.9 Å². The highest BCUT2D eigenvalue weighted by molar-refractivity contribution is 5.75. The molecule has 0 fully saturated rings. The highest BCUT2D eigenvalue weighted by atomic mass is 16.7. The van der Waals surface area contributed by atoms with Crippen LogP contribution < -0.4 is 0 Å². The minimum absolute atomic E-state index is 0.0974. The number of carbonyl (C=O) groups is 1. The summed E-state index contributed by atoms with van der Waals surface area (Å²) in [5.74, 6) is -0.182. The van der Waals surface area contributed by atoms with Crippen molar-refractivity contribution < 1.29 is 14.7 Å². The molecule has 76 valence electrons. The van der Waals surface area contributed by atoms with Gasteiger partial charge in [-0.2, -0.15) is 0 Å². The molecular formula is C9H17NO3. The highest BCUT2D eigenvalue weighted by Crippen LogP contribution is 2.22. The molecule has 0 bridgehead atoms. The van der Waals surface area contributed by atoms with Gasteiger partial charge in [0.2, 0.25) is 5.91 Å². The van der Waals surface area contributed by atoms with Gasteiger partial charge in [-0.25, -0.2) is 5.06 Å². The van der Waals surface area contributed by atoms with Crippen molar-refractivity contribution in [3.05, 3.63) is 12.7 Å². The zero-order valence-electron chi connectivity index (χ0n) is 8.41. The van der Waals surface area contributed by atoms with Crippen LogP contribution in [0.5, 0.6) is 0 Å². The van der Waals surface area contributed by atoms with Crippen molar-refractivity contribution in [1.82, 2.24) is 5.06 Å². The zero-order chi connectivity index (χ0) is 10.5. The minimum Gasteiger partial charge on any atom is -0.395 e. The lowest BCUT2D eigenvalue weighted by Gasteiger charge is -2.24. The van der Waals surface area contributed by atoms with Gasteiger partial charge in [0.15, 0.2) is 0 Å². The van der Waals surface area contributed by atoms with Gasteiger partial charge >= 0.3 is 0 Å². The Kier molecular flexibility index (Phi) is 4.66. The molecule has 1 amide bonds. The van der Waals surface area contributed by atoms with Crippen LogP contribution in [0.1, 0.15) is 13.3 Å². The molecular weight excluding hydrogens is 170 g/mol. The molecule has 0 spiro atoms. The van der Waals surface area contributed by atoms with Crippen LogP contribution in [-0.2, 0) is 9.63 Å². The molecule has 0 rings (SSSR count). The highest BCUT2D eigenvalue weighted by Gasteiger charge is 2.24. The van der Waals surface area contributed by atoms with Crippen molar-refractivity contribution in [2.45, 2.75) is 13.3 Å². The van der Waals surface area contributed by atoms with Crippen molar-refractivity contribution >= 4 is 5.91 Å². The average molecular weight is 187 g/mol. The summed E-state index contributed by atoms with van der Waals surface area (Å²) in [7, 11) is 2.95. The predicted molar refractivity (Wildman–Crippen MR) is 49.8 cm³/mol. The summed E-state index contributed by atoms with van der Waals surface area (Å²) in [6, 6.07) is 0. The number of hydrogen-bond acceptors (Lipinski definition) is 3. The summed E-state index contributed by atoms with van der Waals surface area (Å²) >= 11 is 0. The van der Waals surface area contributed by atoms with Crippen LogP contribution in [-0.4, -0.2) is 36.8 Å². The normalized spacial score (nSPS) is 14.8. The number of aliphatic hydroxyl groups excluding tert-OH is 1. The molecule has 0 aliphatic heterocycles. The van der Waals surface area contributed by atoms with Gasteiger partial charge in [-0.15, -0.1) is 6.58 Å². The molecule has 4 heteroatoms. The summed E-state index contributed by atoms with van der Waals surface area (Å²) in [4.78, 5) is 16.1. The zero-order valence-corrected chi connectivity index (χ0v) is 8.41. The average Bonchev–Trinajstić information content (AvgIpc) is 2.16. The van der Waals surface area contributed by atoms with Gasteiger partial charge in [-0.3, -0.25) is 9.63 Å². The predicted octanol–water partition coefficient (Wildman–Crippen LogP) is 0.581. The third kappa shape index (κ3) is 3.57. The van der Waals surface area contributed by atoms with E-state index in [4.69, 9.17) is 9.94 Å². The largest absolute Gasteiger partial charge is 0.395 e. The maximum Gasteiger partial charge on any atom is 0.246 e. The Bertz CT molecular complexity index is 193. The number of hydrogen-bond donors (Lipinski definition) is 1. The summed E-state index contributed by atoms with van der Waals surface area (Å²) in [6.45, 7) is 5.24. The van der Waals surface area contributed by atoms with E-state index in [1.165, 1.54) is 14.2 Å². The third-order valence-electron chi connectivity index (χ3n) is 2.03. The molecule has 13 heavy (non-hydrogen) atoms. The third-order valence-corrected chi connectivity index (χ3v) is 2.03. The van der Waals surface area contributed by atoms with Gasteiger partial charge in [0.1, 0.15) is 0 Å². The molecule has 1 unspecified atom stereocenters. The molecule has 0 saturated carbocycles. The van der Waals surface area contributed by atoms with E-state index in [9.17, 15) is 4.79 Å². The summed E-state index contributed by atoms with van der Waals surface area (Å²) < 4.78 is 0. The van der Waals surface area contributed by atoms with Gasteiger partial charge in [0.05, 0.1) is 13.7 Å². The Morgan fingerprint density at radius 3 is 2.62 bits per heavy atom. The lowest BCUT2D eigenvalue weighted by Crippen LogP contribution is -2.32. The van der Waals surface area contributed by atoms with E-state index in [2.05, 4.69) is 6.58 Å². The van der Waals surface area contributed by atoms with Gasteiger partial charge in [-0.05, 0) is 0 Å². The SMILES string of the molecule is C=CC(C)(CO)CC(=O)N(C)OC. The first-order chi connectivity index (χ1) is 5.99. The lowest BCUT2D eigenvalue weighted by molar-refractivity contribution is -0.170. The lowest BCUT2D eigenvalue weighted by atomic mass is 9.88. The molecule has 0 aromatic rings. The Morgan fingerprint density at radius 1 is 1.77 bits per heavy atom. The molecule has 0 aliphatic carbocycles. The topological polar surface area (TPSA) is 49.8 Å². The molecule has 0 aliphatic rings. The summed E-state index contributed by atoms with van der Waals surface area (Å²) in [5, 5.41) is 10.1. The van der Waals surface area contributed by atoms with E-state index < -0.39 is 5.41 Å². The number of amides is 1. The van der Waals surface area contributed by atoms with Gasteiger partial charge in [0.25, 0.3) is 0 Å². The van der Waals surface area contributed by atoms with Crippen molar-refractivity contribution in [2.75, 3.05) is 20.8 Å². The summed E-state index contributed by atoms with van der Waals surface area (Å²) in [6.07, 6.45) is 1.77. The van der Waals surface area contributed by atoms with Gasteiger partial charge < -0.3 is 5.11 Å². The van der Waals surface area contributed by atoms with Crippen LogP contribution in [0.2, 0.25) is 0 Å². The monoisotopic (exact) mass is 187 g/mol. The Balaban J connectivity index is 4.25. The molecule has 0 saturated heterocycles. The van der Waals surface area contributed by atoms with E-state index in [1.54, 1.807) is 13.0 Å². The van der Waals surface area contributed by atoms with Crippen molar-refractivity contribution in [1.29, 1.82) is 0 Å². The maximum absolute atomic E-state index is 11.3. The molecule has 0 radical (unpaired) electrons. The second-order valence-corrected chi connectivity index (χ2v) is 3.27. The first-order valence-corrected chi connectivity index (χ1v) is 4.04. The fraction of sp³-hybridized carbons (Fsp3) is 0.667.